The molecule has 2 N–H and O–H groups in total. The molecule has 7 nitrogen and oxygen atoms in total. The first-order valence-corrected chi connectivity index (χ1v) is 7.61. The van der Waals surface area contributed by atoms with Crippen molar-refractivity contribution in [2.75, 3.05) is 26.6 Å². The van der Waals surface area contributed by atoms with Gasteiger partial charge >= 0.3 is 5.97 Å². The van der Waals surface area contributed by atoms with Crippen LogP contribution in [0, 0.1) is 0 Å². The Bertz CT molecular complexity index is 844. The molecule has 0 saturated carbocycles. The molecule has 0 aliphatic carbocycles. The van der Waals surface area contributed by atoms with E-state index in [1.807, 2.05) is 12.1 Å². The summed E-state index contributed by atoms with van der Waals surface area (Å²) in [6, 6.07) is 9.89. The molecule has 2 aromatic carbocycles. The maximum absolute atomic E-state index is 12.2. The van der Waals surface area contributed by atoms with E-state index in [-0.39, 0.29) is 17.0 Å². The lowest BCUT2D eigenvalue weighted by atomic mass is 10.1. The second-order valence-electron chi connectivity index (χ2n) is 5.12. The molecule has 0 bridgehead atoms. The van der Waals surface area contributed by atoms with Crippen molar-refractivity contribution in [1.82, 2.24) is 0 Å². The normalized spacial score (nSPS) is 10.4. The number of anilines is 1. The summed E-state index contributed by atoms with van der Waals surface area (Å²) in [6.45, 7) is 0. The standard InChI is InChI=1S/C19H19NO6/c1-24-15-7-5-4-6-12(15)8-9-18(21)20-14-11-17(26-3)16(25-2)10-13(14)19(22)23/h4-11H,1-3H3,(H,20,21)(H,22,23)/b9-8+. The zero-order chi connectivity index (χ0) is 19.1. The van der Waals surface area contributed by atoms with E-state index in [2.05, 4.69) is 5.32 Å². The molecule has 0 aliphatic rings. The molecule has 0 radical (unpaired) electrons. The van der Waals surface area contributed by atoms with Crippen LogP contribution in [-0.2, 0) is 4.79 Å². The van der Waals surface area contributed by atoms with Gasteiger partial charge < -0.3 is 24.6 Å². The Morgan fingerprint density at radius 3 is 2.19 bits per heavy atom. The van der Waals surface area contributed by atoms with Crippen molar-refractivity contribution in [2.45, 2.75) is 0 Å². The monoisotopic (exact) mass is 357 g/mol. The number of hydrogen-bond donors (Lipinski definition) is 2. The number of ether oxygens (including phenoxy) is 3. The van der Waals surface area contributed by atoms with E-state index >= 15 is 0 Å². The minimum Gasteiger partial charge on any atom is -0.496 e. The predicted molar refractivity (Wildman–Crippen MR) is 97.2 cm³/mol. The van der Waals surface area contributed by atoms with Crippen molar-refractivity contribution in [3.63, 3.8) is 0 Å². The van der Waals surface area contributed by atoms with Crippen LogP contribution in [0.4, 0.5) is 5.69 Å². The summed E-state index contributed by atoms with van der Waals surface area (Å²) in [6.07, 6.45) is 2.87. The highest BCUT2D eigenvalue weighted by molar-refractivity contribution is 6.06. The minimum atomic E-state index is -1.20. The summed E-state index contributed by atoms with van der Waals surface area (Å²) >= 11 is 0. The molecule has 0 fully saturated rings. The van der Waals surface area contributed by atoms with Gasteiger partial charge in [0.2, 0.25) is 5.91 Å². The van der Waals surface area contributed by atoms with Crippen molar-refractivity contribution in [3.05, 3.63) is 53.6 Å². The van der Waals surface area contributed by atoms with E-state index in [9.17, 15) is 14.7 Å². The van der Waals surface area contributed by atoms with Crippen LogP contribution in [-0.4, -0.2) is 38.3 Å². The maximum atomic E-state index is 12.2. The number of aromatic carboxylic acids is 1. The van der Waals surface area contributed by atoms with Gasteiger partial charge in [0.05, 0.1) is 32.6 Å². The number of carbonyl (C=O) groups excluding carboxylic acids is 1. The van der Waals surface area contributed by atoms with E-state index in [0.29, 0.717) is 11.5 Å². The Morgan fingerprint density at radius 2 is 1.58 bits per heavy atom. The van der Waals surface area contributed by atoms with E-state index < -0.39 is 11.9 Å². The van der Waals surface area contributed by atoms with Gasteiger partial charge in [-0.25, -0.2) is 4.79 Å². The molecule has 0 unspecified atom stereocenters. The van der Waals surface area contributed by atoms with Gasteiger partial charge in [-0.15, -0.1) is 0 Å². The first-order valence-electron chi connectivity index (χ1n) is 7.61. The number of benzene rings is 2. The molecule has 0 spiro atoms. The Morgan fingerprint density at radius 1 is 0.962 bits per heavy atom. The van der Waals surface area contributed by atoms with Crippen molar-refractivity contribution >= 4 is 23.6 Å². The molecule has 1 amide bonds. The quantitative estimate of drug-likeness (QED) is 0.740. The molecular weight excluding hydrogens is 338 g/mol. The maximum Gasteiger partial charge on any atom is 0.337 e. The summed E-state index contributed by atoms with van der Waals surface area (Å²) < 4.78 is 15.4. The van der Waals surface area contributed by atoms with E-state index in [0.717, 1.165) is 5.56 Å². The zero-order valence-electron chi connectivity index (χ0n) is 14.6. The predicted octanol–water partition coefficient (Wildman–Crippen LogP) is 3.06. The summed E-state index contributed by atoms with van der Waals surface area (Å²) in [5.74, 6) is -0.511. The minimum absolute atomic E-state index is 0.102. The molecule has 0 heterocycles. The number of hydrogen-bond acceptors (Lipinski definition) is 5. The topological polar surface area (TPSA) is 94.1 Å². The number of methoxy groups -OCH3 is 3. The average molecular weight is 357 g/mol. The highest BCUT2D eigenvalue weighted by atomic mass is 16.5. The van der Waals surface area contributed by atoms with Gasteiger partial charge in [-0.3, -0.25) is 4.79 Å². The third-order valence-electron chi connectivity index (χ3n) is 3.57. The Labute approximate surface area is 150 Å². The molecule has 0 saturated heterocycles. The number of para-hydroxylation sites is 1. The zero-order valence-corrected chi connectivity index (χ0v) is 14.6. The van der Waals surface area contributed by atoms with Crippen molar-refractivity contribution in [2.24, 2.45) is 0 Å². The number of rotatable bonds is 7. The van der Waals surface area contributed by atoms with Crippen LogP contribution in [0.5, 0.6) is 17.2 Å². The Hall–Kier alpha value is -3.48. The van der Waals surface area contributed by atoms with E-state index in [1.54, 1.807) is 18.2 Å². The molecule has 26 heavy (non-hydrogen) atoms. The number of carbonyl (C=O) groups is 2. The molecule has 2 aromatic rings. The highest BCUT2D eigenvalue weighted by Gasteiger charge is 2.17. The average Bonchev–Trinajstić information content (AvgIpc) is 2.65. The smallest absolute Gasteiger partial charge is 0.337 e. The largest absolute Gasteiger partial charge is 0.496 e. The van der Waals surface area contributed by atoms with Gasteiger partial charge in [-0.2, -0.15) is 0 Å². The van der Waals surface area contributed by atoms with Crippen LogP contribution >= 0.6 is 0 Å². The van der Waals surface area contributed by atoms with Gasteiger partial charge in [-0.1, -0.05) is 18.2 Å². The lowest BCUT2D eigenvalue weighted by molar-refractivity contribution is -0.111. The first kappa shape index (κ1) is 18.9. The molecule has 136 valence electrons. The first-order chi connectivity index (χ1) is 12.5. The number of nitrogens with one attached hydrogen (secondary N) is 1. The van der Waals surface area contributed by atoms with Crippen LogP contribution in [0.1, 0.15) is 15.9 Å². The van der Waals surface area contributed by atoms with Crippen molar-refractivity contribution in [3.8, 4) is 17.2 Å². The number of amides is 1. The van der Waals surface area contributed by atoms with Crippen LogP contribution in [0.25, 0.3) is 6.08 Å². The van der Waals surface area contributed by atoms with Gasteiger partial charge in [0.25, 0.3) is 0 Å². The SMILES string of the molecule is COc1ccccc1/C=C/C(=O)Nc1cc(OC)c(OC)cc1C(=O)O. The van der Waals surface area contributed by atoms with Crippen LogP contribution in [0.15, 0.2) is 42.5 Å². The molecule has 0 aromatic heterocycles. The van der Waals surface area contributed by atoms with Gasteiger partial charge in [0, 0.05) is 23.8 Å². The lowest BCUT2D eigenvalue weighted by Crippen LogP contribution is -2.12. The summed E-state index contributed by atoms with van der Waals surface area (Å²) in [5.41, 5.74) is 0.711. The van der Waals surface area contributed by atoms with Gasteiger partial charge in [0.1, 0.15) is 5.75 Å². The van der Waals surface area contributed by atoms with E-state index in [1.165, 1.54) is 39.5 Å². The highest BCUT2D eigenvalue weighted by Crippen LogP contribution is 2.33. The molecule has 2 rings (SSSR count). The van der Waals surface area contributed by atoms with E-state index in [4.69, 9.17) is 14.2 Å². The fraction of sp³-hybridized carbons (Fsp3) is 0.158. The van der Waals surface area contributed by atoms with Gasteiger partial charge in [0.15, 0.2) is 11.5 Å². The third kappa shape index (κ3) is 4.32. The molecular formula is C19H19NO6. The van der Waals surface area contributed by atoms with Crippen LogP contribution < -0.4 is 19.5 Å². The molecule has 0 aliphatic heterocycles. The molecule has 7 heteroatoms. The van der Waals surface area contributed by atoms with Crippen LogP contribution in [0.3, 0.4) is 0 Å². The van der Waals surface area contributed by atoms with Crippen molar-refractivity contribution in [1.29, 1.82) is 0 Å². The summed E-state index contributed by atoms with van der Waals surface area (Å²) in [7, 11) is 4.36. The second-order valence-corrected chi connectivity index (χ2v) is 5.12. The Balaban J connectivity index is 2.28. The summed E-state index contributed by atoms with van der Waals surface area (Å²) in [5, 5.41) is 11.9. The van der Waals surface area contributed by atoms with Gasteiger partial charge in [-0.05, 0) is 12.1 Å². The third-order valence-corrected chi connectivity index (χ3v) is 3.57. The van der Waals surface area contributed by atoms with Crippen LogP contribution in [0.2, 0.25) is 0 Å². The fourth-order valence-electron chi connectivity index (χ4n) is 2.30. The molecule has 0 atom stereocenters. The number of carboxylic acids is 1. The Kier molecular flexibility index (Phi) is 6.21. The van der Waals surface area contributed by atoms with Crippen molar-refractivity contribution < 1.29 is 28.9 Å². The fourth-order valence-corrected chi connectivity index (χ4v) is 2.30. The number of carboxylic acid groups (broad SMARTS) is 1. The lowest BCUT2D eigenvalue weighted by Gasteiger charge is -2.13. The second kappa shape index (κ2) is 8.57. The summed E-state index contributed by atoms with van der Waals surface area (Å²) in [4.78, 5) is 23.7.